The molecule has 0 atom stereocenters. The van der Waals surface area contributed by atoms with E-state index in [0.29, 0.717) is 17.8 Å². The lowest BCUT2D eigenvalue weighted by Gasteiger charge is -2.12. The first-order valence-corrected chi connectivity index (χ1v) is 10.1. The van der Waals surface area contributed by atoms with Gasteiger partial charge in [-0.2, -0.15) is 22.8 Å². The highest BCUT2D eigenvalue weighted by atomic mass is 32.2. The summed E-state index contributed by atoms with van der Waals surface area (Å²) in [5, 5.41) is 4.00. The Morgan fingerprint density at radius 3 is 2.35 bits per heavy atom. The summed E-state index contributed by atoms with van der Waals surface area (Å²) < 4.78 is 81.1. The number of aromatic nitrogens is 3. The molecule has 0 radical (unpaired) electrons. The maximum absolute atomic E-state index is 14.7. The second-order valence-electron chi connectivity index (χ2n) is 6.48. The van der Waals surface area contributed by atoms with Gasteiger partial charge in [0.15, 0.2) is 5.65 Å². The lowest BCUT2D eigenvalue weighted by Crippen LogP contribution is -2.14. The average Bonchev–Trinajstić information content (AvgIpc) is 3.18. The highest BCUT2D eigenvalue weighted by molar-refractivity contribution is 7.92. The average molecular weight is 451 g/mol. The van der Waals surface area contributed by atoms with Gasteiger partial charge in [-0.1, -0.05) is 0 Å². The summed E-state index contributed by atoms with van der Waals surface area (Å²) in [5.41, 5.74) is 5.72. The largest absolute Gasteiger partial charge is 0.416 e. The molecular weight excluding hydrogens is 438 g/mol. The summed E-state index contributed by atoms with van der Waals surface area (Å²) >= 11 is 0. The van der Waals surface area contributed by atoms with Crippen molar-refractivity contribution in [1.29, 1.82) is 0 Å². The van der Waals surface area contributed by atoms with Crippen LogP contribution in [-0.4, -0.2) is 23.0 Å². The second kappa shape index (κ2) is 7.23. The number of sulfonamides is 1. The van der Waals surface area contributed by atoms with E-state index in [4.69, 9.17) is 5.73 Å². The Morgan fingerprint density at radius 2 is 1.71 bits per heavy atom. The van der Waals surface area contributed by atoms with Crippen LogP contribution < -0.4 is 10.5 Å². The van der Waals surface area contributed by atoms with Crippen LogP contribution in [0.2, 0.25) is 0 Å². The summed E-state index contributed by atoms with van der Waals surface area (Å²) in [7, 11) is -4.23. The fraction of sp³-hybridized carbons (Fsp3) is 0.0526. The number of benzene rings is 2. The Hall–Kier alpha value is -3.67. The van der Waals surface area contributed by atoms with Gasteiger partial charge >= 0.3 is 6.18 Å². The van der Waals surface area contributed by atoms with Crippen molar-refractivity contribution in [3.63, 3.8) is 0 Å². The van der Waals surface area contributed by atoms with Crippen LogP contribution in [0.4, 0.5) is 29.1 Å². The maximum Gasteiger partial charge on any atom is 0.416 e. The molecule has 0 fully saturated rings. The standard InChI is InChI=1S/C19H13F4N5O2S/c20-16-9-12(27-31(29,30)13-4-1-11(2-5-13)19(21,22)23)3-6-14(16)15-10-25-17-7-8-26-28(17)18(15)24/h1-10,27H,24H2. The molecule has 31 heavy (non-hydrogen) atoms. The maximum atomic E-state index is 14.7. The van der Waals surface area contributed by atoms with Crippen molar-refractivity contribution >= 4 is 27.2 Å². The minimum absolute atomic E-state index is 0.0693. The molecule has 160 valence electrons. The number of fused-ring (bicyclic) bond motifs is 1. The minimum Gasteiger partial charge on any atom is -0.383 e. The summed E-state index contributed by atoms with van der Waals surface area (Å²) in [4.78, 5) is 3.73. The molecule has 0 unspecified atom stereocenters. The van der Waals surface area contributed by atoms with Crippen molar-refractivity contribution in [1.82, 2.24) is 14.6 Å². The van der Waals surface area contributed by atoms with Gasteiger partial charge in [-0.3, -0.25) is 4.72 Å². The van der Waals surface area contributed by atoms with E-state index >= 15 is 0 Å². The van der Waals surface area contributed by atoms with Crippen LogP contribution in [0.3, 0.4) is 0 Å². The third-order valence-corrected chi connectivity index (χ3v) is 5.85. The van der Waals surface area contributed by atoms with Gasteiger partial charge in [-0.15, -0.1) is 0 Å². The summed E-state index contributed by atoms with van der Waals surface area (Å²) in [6.07, 6.45) is -1.74. The highest BCUT2D eigenvalue weighted by Gasteiger charge is 2.30. The van der Waals surface area contributed by atoms with Crippen molar-refractivity contribution < 1.29 is 26.0 Å². The van der Waals surface area contributed by atoms with Gasteiger partial charge in [0.1, 0.15) is 11.6 Å². The number of halogens is 4. The normalized spacial score (nSPS) is 12.3. The van der Waals surface area contributed by atoms with Crippen molar-refractivity contribution in [2.24, 2.45) is 0 Å². The molecule has 2 heterocycles. The molecule has 0 saturated heterocycles. The van der Waals surface area contributed by atoms with Gasteiger partial charge < -0.3 is 5.73 Å². The fourth-order valence-electron chi connectivity index (χ4n) is 2.93. The summed E-state index contributed by atoms with van der Waals surface area (Å²) in [6, 6.07) is 8.11. The van der Waals surface area contributed by atoms with Gasteiger partial charge in [-0.25, -0.2) is 17.8 Å². The van der Waals surface area contributed by atoms with Crippen LogP contribution in [0.15, 0.2) is 65.8 Å². The van der Waals surface area contributed by atoms with E-state index in [0.717, 1.165) is 18.2 Å². The quantitative estimate of drug-likeness (QED) is 0.458. The highest BCUT2D eigenvalue weighted by Crippen LogP contribution is 2.32. The fourth-order valence-corrected chi connectivity index (χ4v) is 3.98. The van der Waals surface area contributed by atoms with E-state index in [1.54, 1.807) is 6.07 Å². The number of nitrogens with one attached hydrogen (secondary N) is 1. The van der Waals surface area contributed by atoms with Gasteiger partial charge in [0.05, 0.1) is 22.3 Å². The van der Waals surface area contributed by atoms with Crippen molar-refractivity contribution in [3.05, 3.63) is 72.3 Å². The van der Waals surface area contributed by atoms with Gasteiger partial charge in [0.25, 0.3) is 10.0 Å². The molecule has 0 aliphatic heterocycles. The van der Waals surface area contributed by atoms with Crippen molar-refractivity contribution in [2.45, 2.75) is 11.1 Å². The van der Waals surface area contributed by atoms with Crippen LogP contribution in [0.25, 0.3) is 16.8 Å². The monoisotopic (exact) mass is 451 g/mol. The third kappa shape index (κ3) is 3.89. The molecule has 4 rings (SSSR count). The van der Waals surface area contributed by atoms with Gasteiger partial charge in [0.2, 0.25) is 0 Å². The first-order chi connectivity index (χ1) is 14.6. The molecule has 0 bridgehead atoms. The lowest BCUT2D eigenvalue weighted by molar-refractivity contribution is -0.137. The molecule has 4 aromatic rings. The predicted octanol–water partition coefficient (Wildman–Crippen LogP) is 3.94. The molecule has 2 aromatic carbocycles. The molecule has 0 amide bonds. The van der Waals surface area contributed by atoms with E-state index in [1.807, 2.05) is 0 Å². The molecular formula is C19H13F4N5O2S. The molecule has 0 aliphatic carbocycles. The van der Waals surface area contributed by atoms with Crippen LogP contribution in [0, 0.1) is 5.82 Å². The van der Waals surface area contributed by atoms with E-state index in [-0.39, 0.29) is 22.6 Å². The Kier molecular flexibility index (Phi) is 4.81. The Morgan fingerprint density at radius 1 is 1.00 bits per heavy atom. The van der Waals surface area contributed by atoms with Gasteiger partial charge in [0, 0.05) is 23.4 Å². The lowest BCUT2D eigenvalue weighted by atomic mass is 10.1. The zero-order valence-corrected chi connectivity index (χ0v) is 16.2. The Balaban J connectivity index is 1.62. The number of nitrogens with zero attached hydrogens (tertiary/aromatic N) is 3. The number of hydrogen-bond donors (Lipinski definition) is 2. The molecule has 0 saturated carbocycles. The molecule has 2 aromatic heterocycles. The Bertz CT molecular complexity index is 1380. The number of rotatable bonds is 4. The molecule has 0 aliphatic rings. The van der Waals surface area contributed by atoms with E-state index in [9.17, 15) is 26.0 Å². The topological polar surface area (TPSA) is 102 Å². The Labute approximate surface area is 173 Å². The van der Waals surface area contributed by atoms with E-state index in [1.165, 1.54) is 29.0 Å². The number of hydrogen-bond acceptors (Lipinski definition) is 5. The van der Waals surface area contributed by atoms with Crippen LogP contribution in [0.5, 0.6) is 0 Å². The van der Waals surface area contributed by atoms with E-state index in [2.05, 4.69) is 14.8 Å². The molecule has 3 N–H and O–H groups in total. The number of anilines is 2. The number of alkyl halides is 3. The summed E-state index contributed by atoms with van der Waals surface area (Å²) in [6.45, 7) is 0. The SMILES string of the molecule is Nc1c(-c2ccc(NS(=O)(=O)c3ccc(C(F)(F)F)cc3)cc2F)cnc2ccnn12. The predicted molar refractivity (Wildman–Crippen MR) is 105 cm³/mol. The summed E-state index contributed by atoms with van der Waals surface area (Å²) in [5.74, 6) is -0.639. The number of nitrogens with two attached hydrogens (primary N) is 1. The zero-order valence-electron chi connectivity index (χ0n) is 15.4. The second-order valence-corrected chi connectivity index (χ2v) is 8.16. The zero-order chi connectivity index (χ0) is 22.4. The minimum atomic E-state index is -4.59. The van der Waals surface area contributed by atoms with Crippen LogP contribution in [-0.2, 0) is 16.2 Å². The number of nitrogen functional groups attached to an aromatic ring is 1. The van der Waals surface area contributed by atoms with Crippen LogP contribution >= 0.6 is 0 Å². The van der Waals surface area contributed by atoms with Crippen molar-refractivity contribution in [2.75, 3.05) is 10.5 Å². The van der Waals surface area contributed by atoms with E-state index < -0.39 is 32.5 Å². The van der Waals surface area contributed by atoms with Gasteiger partial charge in [-0.05, 0) is 42.5 Å². The third-order valence-electron chi connectivity index (χ3n) is 4.46. The first kappa shape index (κ1) is 20.6. The first-order valence-electron chi connectivity index (χ1n) is 8.64. The smallest absolute Gasteiger partial charge is 0.383 e. The molecule has 12 heteroatoms. The molecule has 7 nitrogen and oxygen atoms in total. The van der Waals surface area contributed by atoms with Crippen LogP contribution in [0.1, 0.15) is 5.56 Å². The van der Waals surface area contributed by atoms with Crippen molar-refractivity contribution in [3.8, 4) is 11.1 Å². The molecule has 0 spiro atoms.